The van der Waals surface area contributed by atoms with Crippen molar-refractivity contribution in [1.82, 2.24) is 0 Å². The Balaban J connectivity index is 1.51. The van der Waals surface area contributed by atoms with Crippen LogP contribution in [0.25, 0.3) is 0 Å². The van der Waals surface area contributed by atoms with Gasteiger partial charge in [0.15, 0.2) is 0 Å². The summed E-state index contributed by atoms with van der Waals surface area (Å²) in [5.74, 6) is 1.39. The first-order valence-corrected chi connectivity index (χ1v) is 10.9. The Morgan fingerprint density at radius 2 is 1.40 bits per heavy atom. The second kappa shape index (κ2) is 8.45. The molecule has 0 amide bonds. The Kier molecular flexibility index (Phi) is 5.37. The molecule has 1 spiro atoms. The molecule has 3 nitrogen and oxygen atoms in total. The van der Waals surface area contributed by atoms with Gasteiger partial charge in [-0.15, -0.1) is 0 Å². The number of rotatable bonds is 4. The minimum absolute atomic E-state index is 0.0600. The molecule has 5 rings (SSSR count). The van der Waals surface area contributed by atoms with Gasteiger partial charge in [-0.25, -0.2) is 0 Å². The van der Waals surface area contributed by atoms with Gasteiger partial charge in [-0.1, -0.05) is 78.9 Å². The van der Waals surface area contributed by atoms with E-state index in [2.05, 4.69) is 90.2 Å². The Hall–Kier alpha value is -2.91. The molecule has 3 heteroatoms. The van der Waals surface area contributed by atoms with Crippen molar-refractivity contribution in [3.63, 3.8) is 0 Å². The van der Waals surface area contributed by atoms with Gasteiger partial charge < -0.3 is 10.1 Å². The van der Waals surface area contributed by atoms with Gasteiger partial charge >= 0.3 is 0 Å². The molecule has 0 atom stereocenters. The molecule has 0 bridgehead atoms. The molecule has 2 aliphatic rings. The van der Waals surface area contributed by atoms with Gasteiger partial charge in [0.2, 0.25) is 0 Å². The van der Waals surface area contributed by atoms with E-state index >= 15 is 0 Å². The van der Waals surface area contributed by atoms with E-state index in [1.807, 2.05) is 0 Å². The summed E-state index contributed by atoms with van der Waals surface area (Å²) >= 11 is 0. The zero-order valence-corrected chi connectivity index (χ0v) is 17.3. The molecule has 1 saturated heterocycles. The van der Waals surface area contributed by atoms with Gasteiger partial charge in [0, 0.05) is 30.2 Å². The van der Waals surface area contributed by atoms with Crippen LogP contribution in [0.1, 0.15) is 35.4 Å². The van der Waals surface area contributed by atoms with Crippen LogP contribution in [-0.2, 0) is 11.2 Å². The maximum absolute atomic E-state index is 5.71. The Labute approximate surface area is 178 Å². The lowest BCUT2D eigenvalue weighted by molar-refractivity contribution is 0.0449. The lowest BCUT2D eigenvalue weighted by Gasteiger charge is -2.42. The Bertz CT molecular complexity index is 968. The van der Waals surface area contributed by atoms with Crippen LogP contribution in [0.4, 0.5) is 5.69 Å². The van der Waals surface area contributed by atoms with Crippen molar-refractivity contribution in [1.29, 1.82) is 0 Å². The molecular weight excluding hydrogens is 368 g/mol. The molecule has 2 heterocycles. The minimum Gasteiger partial charge on any atom is -0.381 e. The third-order valence-corrected chi connectivity index (χ3v) is 6.59. The summed E-state index contributed by atoms with van der Waals surface area (Å²) in [7, 11) is 0. The lowest BCUT2D eigenvalue weighted by Crippen LogP contribution is -2.46. The molecule has 1 fully saturated rings. The molecule has 152 valence electrons. The number of amidine groups is 1. The summed E-state index contributed by atoms with van der Waals surface area (Å²) in [6.07, 6.45) is 3.09. The number of nitrogens with zero attached hydrogens (tertiary/aromatic N) is 1. The van der Waals surface area contributed by atoms with Crippen LogP contribution in [0.15, 0.2) is 89.9 Å². The smallest absolute Gasteiger partial charge is 0.107 e. The highest BCUT2D eigenvalue weighted by molar-refractivity contribution is 6.02. The lowest BCUT2D eigenvalue weighted by atomic mass is 9.71. The van der Waals surface area contributed by atoms with Crippen molar-refractivity contribution < 1.29 is 4.74 Å². The molecule has 0 unspecified atom stereocenters. The van der Waals surface area contributed by atoms with E-state index in [1.54, 1.807) is 0 Å². The third kappa shape index (κ3) is 3.78. The first-order valence-electron chi connectivity index (χ1n) is 10.9. The Morgan fingerprint density at radius 1 is 0.800 bits per heavy atom. The van der Waals surface area contributed by atoms with Gasteiger partial charge in [0.1, 0.15) is 5.84 Å². The number of ether oxygens (including phenoxy) is 1. The zero-order valence-electron chi connectivity index (χ0n) is 17.3. The first kappa shape index (κ1) is 19.1. The van der Waals surface area contributed by atoms with Crippen molar-refractivity contribution in [3.05, 3.63) is 102 Å². The van der Waals surface area contributed by atoms with Crippen molar-refractivity contribution in [2.24, 2.45) is 10.4 Å². The SMILES string of the molecule is c1ccc(C(CN=C2Nc3ccccc3CC23CCOCC3)c2ccccc2)cc1. The van der Waals surface area contributed by atoms with Gasteiger partial charge in [-0.3, -0.25) is 4.99 Å². The summed E-state index contributed by atoms with van der Waals surface area (Å²) in [5, 5.41) is 3.71. The molecule has 0 saturated carbocycles. The van der Waals surface area contributed by atoms with Crippen LogP contribution < -0.4 is 5.32 Å². The van der Waals surface area contributed by atoms with E-state index < -0.39 is 0 Å². The van der Waals surface area contributed by atoms with Crippen LogP contribution >= 0.6 is 0 Å². The highest BCUT2D eigenvalue weighted by atomic mass is 16.5. The van der Waals surface area contributed by atoms with E-state index in [0.717, 1.165) is 44.9 Å². The minimum atomic E-state index is 0.0600. The normalized spacial score (nSPS) is 18.9. The van der Waals surface area contributed by atoms with Crippen molar-refractivity contribution in [3.8, 4) is 0 Å². The average molecular weight is 397 g/mol. The number of para-hydroxylation sites is 1. The standard InChI is InChI=1S/C27H28N2O/c1-3-9-21(10-4-1)24(22-11-5-2-6-12-22)20-28-26-27(15-17-30-18-16-27)19-23-13-7-8-14-25(23)29-26/h1-14,24H,15-20H2,(H,28,29). The number of benzene rings is 3. The van der Waals surface area contributed by atoms with Crippen LogP contribution in [0, 0.1) is 5.41 Å². The molecule has 1 N–H and O–H groups in total. The highest BCUT2D eigenvalue weighted by Crippen LogP contribution is 2.42. The van der Waals surface area contributed by atoms with E-state index in [4.69, 9.17) is 9.73 Å². The molecule has 0 aromatic heterocycles. The first-order chi connectivity index (χ1) is 14.8. The number of nitrogens with one attached hydrogen (secondary N) is 1. The maximum Gasteiger partial charge on any atom is 0.107 e. The fraction of sp³-hybridized carbons (Fsp3) is 0.296. The molecule has 2 aliphatic heterocycles. The molecule has 3 aromatic rings. The number of fused-ring (bicyclic) bond motifs is 1. The molecular formula is C27H28N2O. The average Bonchev–Trinajstić information content (AvgIpc) is 2.81. The van der Waals surface area contributed by atoms with Gasteiger partial charge in [0.25, 0.3) is 0 Å². The predicted molar refractivity (Wildman–Crippen MR) is 123 cm³/mol. The van der Waals surface area contributed by atoms with Crippen LogP contribution in [-0.4, -0.2) is 25.6 Å². The van der Waals surface area contributed by atoms with E-state index in [9.17, 15) is 0 Å². The van der Waals surface area contributed by atoms with E-state index in [-0.39, 0.29) is 11.3 Å². The predicted octanol–water partition coefficient (Wildman–Crippen LogP) is 5.68. The van der Waals surface area contributed by atoms with Crippen molar-refractivity contribution >= 4 is 11.5 Å². The summed E-state index contributed by atoms with van der Waals surface area (Å²) in [6.45, 7) is 2.36. The summed E-state index contributed by atoms with van der Waals surface area (Å²) in [5.41, 5.74) is 5.27. The fourth-order valence-electron chi connectivity index (χ4n) is 4.84. The molecule has 0 aliphatic carbocycles. The number of aliphatic imine (C=N–C) groups is 1. The van der Waals surface area contributed by atoms with Crippen LogP contribution in [0.2, 0.25) is 0 Å². The van der Waals surface area contributed by atoms with Gasteiger partial charge in [-0.05, 0) is 42.0 Å². The zero-order chi connectivity index (χ0) is 20.2. The summed E-state index contributed by atoms with van der Waals surface area (Å²) in [6, 6.07) is 30.1. The highest BCUT2D eigenvalue weighted by Gasteiger charge is 2.41. The van der Waals surface area contributed by atoms with Gasteiger partial charge in [-0.2, -0.15) is 0 Å². The largest absolute Gasteiger partial charge is 0.381 e. The quantitative estimate of drug-likeness (QED) is 0.615. The van der Waals surface area contributed by atoms with Crippen LogP contribution in [0.5, 0.6) is 0 Å². The second-order valence-corrected chi connectivity index (χ2v) is 8.41. The number of hydrogen-bond donors (Lipinski definition) is 1. The molecule has 30 heavy (non-hydrogen) atoms. The summed E-state index contributed by atoms with van der Waals surface area (Å²) in [4.78, 5) is 5.26. The topological polar surface area (TPSA) is 33.6 Å². The number of hydrogen-bond acceptors (Lipinski definition) is 2. The maximum atomic E-state index is 5.71. The molecule has 0 radical (unpaired) electrons. The Morgan fingerprint density at radius 3 is 2.07 bits per heavy atom. The van der Waals surface area contributed by atoms with E-state index in [1.165, 1.54) is 22.4 Å². The third-order valence-electron chi connectivity index (χ3n) is 6.59. The van der Waals surface area contributed by atoms with E-state index in [0.29, 0.717) is 0 Å². The van der Waals surface area contributed by atoms with Crippen LogP contribution in [0.3, 0.4) is 0 Å². The number of anilines is 1. The monoisotopic (exact) mass is 396 g/mol. The fourth-order valence-corrected chi connectivity index (χ4v) is 4.84. The van der Waals surface area contributed by atoms with Crippen molar-refractivity contribution in [2.45, 2.75) is 25.2 Å². The molecule has 3 aromatic carbocycles. The second-order valence-electron chi connectivity index (χ2n) is 8.41. The summed E-state index contributed by atoms with van der Waals surface area (Å²) < 4.78 is 5.71. The van der Waals surface area contributed by atoms with Crippen molar-refractivity contribution in [2.75, 3.05) is 25.1 Å². The van der Waals surface area contributed by atoms with Gasteiger partial charge in [0.05, 0.1) is 6.54 Å².